The van der Waals surface area contributed by atoms with Gasteiger partial charge in [-0.2, -0.15) is 0 Å². The molecule has 5 heteroatoms. The average Bonchev–Trinajstić information content (AvgIpc) is 3.05. The topological polar surface area (TPSA) is 46.3 Å². The Morgan fingerprint density at radius 1 is 1.39 bits per heavy atom. The number of hydrogen-bond donors (Lipinski definition) is 0. The van der Waals surface area contributed by atoms with Crippen LogP contribution in [0, 0.1) is 0 Å². The second-order valence-corrected chi connectivity index (χ2v) is 4.69. The van der Waals surface area contributed by atoms with Crippen molar-refractivity contribution in [2.24, 2.45) is 0 Å². The SMILES string of the molecule is O=C(c1ccc2oc(CCl)nc2c1)N1CCCC1. The van der Waals surface area contributed by atoms with Gasteiger partial charge in [-0.3, -0.25) is 4.79 Å². The van der Waals surface area contributed by atoms with Gasteiger partial charge in [-0.15, -0.1) is 11.6 Å². The predicted molar refractivity (Wildman–Crippen MR) is 68.7 cm³/mol. The number of amides is 1. The Hall–Kier alpha value is -1.55. The summed E-state index contributed by atoms with van der Waals surface area (Å²) >= 11 is 5.67. The highest BCUT2D eigenvalue weighted by atomic mass is 35.5. The summed E-state index contributed by atoms with van der Waals surface area (Å²) in [6.07, 6.45) is 2.18. The normalized spacial score (nSPS) is 15.5. The molecule has 0 aliphatic carbocycles. The first-order chi connectivity index (χ1) is 8.78. The zero-order chi connectivity index (χ0) is 12.5. The van der Waals surface area contributed by atoms with E-state index in [1.165, 1.54) is 0 Å². The van der Waals surface area contributed by atoms with Crippen molar-refractivity contribution >= 4 is 28.6 Å². The van der Waals surface area contributed by atoms with Gasteiger partial charge in [0.05, 0.1) is 5.88 Å². The van der Waals surface area contributed by atoms with Gasteiger partial charge in [0, 0.05) is 18.7 Å². The van der Waals surface area contributed by atoms with Crippen LogP contribution < -0.4 is 0 Å². The maximum absolute atomic E-state index is 12.2. The van der Waals surface area contributed by atoms with E-state index in [1.54, 1.807) is 18.2 Å². The summed E-state index contributed by atoms with van der Waals surface area (Å²) in [5, 5.41) is 0. The van der Waals surface area contributed by atoms with Gasteiger partial charge < -0.3 is 9.32 Å². The van der Waals surface area contributed by atoms with E-state index in [1.807, 2.05) is 4.90 Å². The predicted octanol–water partition coefficient (Wildman–Crippen LogP) is 2.80. The number of benzene rings is 1. The Kier molecular flexibility index (Phi) is 2.96. The lowest BCUT2D eigenvalue weighted by molar-refractivity contribution is 0.0793. The smallest absolute Gasteiger partial charge is 0.253 e. The fraction of sp³-hybridized carbons (Fsp3) is 0.385. The first-order valence-corrected chi connectivity index (χ1v) is 6.56. The van der Waals surface area contributed by atoms with Gasteiger partial charge in [0.2, 0.25) is 5.89 Å². The highest BCUT2D eigenvalue weighted by molar-refractivity contribution is 6.16. The van der Waals surface area contributed by atoms with E-state index in [-0.39, 0.29) is 11.8 Å². The molecular formula is C13H13ClN2O2. The summed E-state index contributed by atoms with van der Waals surface area (Å²) in [5.74, 6) is 0.798. The van der Waals surface area contributed by atoms with Crippen molar-refractivity contribution in [1.82, 2.24) is 9.88 Å². The van der Waals surface area contributed by atoms with Crippen LogP contribution in [-0.4, -0.2) is 28.9 Å². The molecule has 2 aromatic rings. The van der Waals surface area contributed by atoms with Crippen LogP contribution in [0.1, 0.15) is 29.1 Å². The maximum Gasteiger partial charge on any atom is 0.253 e. The van der Waals surface area contributed by atoms with Crippen molar-refractivity contribution in [3.05, 3.63) is 29.7 Å². The summed E-state index contributed by atoms with van der Waals surface area (Å²) in [7, 11) is 0. The molecule has 1 saturated heterocycles. The van der Waals surface area contributed by atoms with E-state index >= 15 is 0 Å². The molecule has 18 heavy (non-hydrogen) atoms. The van der Waals surface area contributed by atoms with Crippen molar-refractivity contribution in [3.8, 4) is 0 Å². The molecule has 0 spiro atoms. The monoisotopic (exact) mass is 264 g/mol. The molecule has 4 nitrogen and oxygen atoms in total. The number of carbonyl (C=O) groups excluding carboxylic acids is 1. The number of alkyl halides is 1. The lowest BCUT2D eigenvalue weighted by atomic mass is 10.2. The number of nitrogens with zero attached hydrogens (tertiary/aromatic N) is 2. The van der Waals surface area contributed by atoms with E-state index < -0.39 is 0 Å². The van der Waals surface area contributed by atoms with Gasteiger partial charge in [0.1, 0.15) is 5.52 Å². The molecule has 0 bridgehead atoms. The largest absolute Gasteiger partial charge is 0.439 e. The second-order valence-electron chi connectivity index (χ2n) is 4.42. The minimum Gasteiger partial charge on any atom is -0.439 e. The molecule has 2 heterocycles. The number of halogens is 1. The van der Waals surface area contributed by atoms with E-state index in [0.717, 1.165) is 25.9 Å². The Morgan fingerprint density at radius 3 is 2.89 bits per heavy atom. The molecule has 0 atom stereocenters. The highest BCUT2D eigenvalue weighted by Gasteiger charge is 2.20. The Balaban J connectivity index is 1.94. The third-order valence-electron chi connectivity index (χ3n) is 3.19. The molecule has 94 valence electrons. The van der Waals surface area contributed by atoms with E-state index in [4.69, 9.17) is 16.0 Å². The van der Waals surface area contributed by atoms with Crippen LogP contribution in [0.5, 0.6) is 0 Å². The van der Waals surface area contributed by atoms with Crippen LogP contribution in [0.4, 0.5) is 0 Å². The highest BCUT2D eigenvalue weighted by Crippen LogP contribution is 2.20. The van der Waals surface area contributed by atoms with Gasteiger partial charge in [-0.05, 0) is 31.0 Å². The molecule has 0 saturated carbocycles. The molecule has 3 rings (SSSR count). The summed E-state index contributed by atoms with van der Waals surface area (Å²) < 4.78 is 5.41. The molecule has 0 unspecified atom stereocenters. The number of fused-ring (bicyclic) bond motifs is 1. The van der Waals surface area contributed by atoms with Gasteiger partial charge in [0.15, 0.2) is 5.58 Å². The minimum atomic E-state index is 0.0739. The number of likely N-dealkylation sites (tertiary alicyclic amines) is 1. The summed E-state index contributed by atoms with van der Waals surface area (Å²) in [5.41, 5.74) is 2.03. The van der Waals surface area contributed by atoms with Crippen molar-refractivity contribution in [2.75, 3.05) is 13.1 Å². The molecule has 0 radical (unpaired) electrons. The van der Waals surface area contributed by atoms with Crippen molar-refractivity contribution in [2.45, 2.75) is 18.7 Å². The van der Waals surface area contributed by atoms with Gasteiger partial charge in [-0.1, -0.05) is 0 Å². The summed E-state index contributed by atoms with van der Waals surface area (Å²) in [6, 6.07) is 5.34. The first-order valence-electron chi connectivity index (χ1n) is 6.02. The number of hydrogen-bond acceptors (Lipinski definition) is 3. The Morgan fingerprint density at radius 2 is 2.17 bits per heavy atom. The number of rotatable bonds is 2. The number of oxazole rings is 1. The van der Waals surface area contributed by atoms with Crippen LogP contribution in [0.3, 0.4) is 0 Å². The average molecular weight is 265 g/mol. The lowest BCUT2D eigenvalue weighted by Crippen LogP contribution is -2.27. The molecule has 1 aliphatic rings. The fourth-order valence-electron chi connectivity index (χ4n) is 2.27. The minimum absolute atomic E-state index is 0.0739. The molecule has 0 N–H and O–H groups in total. The summed E-state index contributed by atoms with van der Waals surface area (Å²) in [6.45, 7) is 1.70. The number of carbonyl (C=O) groups is 1. The van der Waals surface area contributed by atoms with E-state index in [0.29, 0.717) is 22.6 Å². The molecule has 1 aromatic heterocycles. The Labute approximate surface area is 110 Å². The zero-order valence-corrected chi connectivity index (χ0v) is 10.6. The van der Waals surface area contributed by atoms with Gasteiger partial charge in [0.25, 0.3) is 5.91 Å². The zero-order valence-electron chi connectivity index (χ0n) is 9.86. The Bertz CT molecular complexity index is 588. The van der Waals surface area contributed by atoms with Gasteiger partial charge in [-0.25, -0.2) is 4.98 Å². The van der Waals surface area contributed by atoms with Crippen LogP contribution in [0.15, 0.2) is 22.6 Å². The third-order valence-corrected chi connectivity index (χ3v) is 3.42. The third kappa shape index (κ3) is 1.97. The van der Waals surface area contributed by atoms with Crippen LogP contribution >= 0.6 is 11.6 Å². The molecular weight excluding hydrogens is 252 g/mol. The second kappa shape index (κ2) is 4.61. The molecule has 1 aliphatic heterocycles. The van der Waals surface area contributed by atoms with Crippen LogP contribution in [0.25, 0.3) is 11.1 Å². The van der Waals surface area contributed by atoms with Crippen molar-refractivity contribution in [3.63, 3.8) is 0 Å². The molecule has 1 aromatic carbocycles. The fourth-order valence-corrected chi connectivity index (χ4v) is 2.38. The summed E-state index contributed by atoms with van der Waals surface area (Å²) in [4.78, 5) is 18.3. The van der Waals surface area contributed by atoms with E-state index in [9.17, 15) is 4.79 Å². The number of aromatic nitrogens is 1. The molecule has 1 fully saturated rings. The van der Waals surface area contributed by atoms with Crippen molar-refractivity contribution < 1.29 is 9.21 Å². The van der Waals surface area contributed by atoms with E-state index in [2.05, 4.69) is 4.98 Å². The van der Waals surface area contributed by atoms with Gasteiger partial charge >= 0.3 is 0 Å². The molecule has 1 amide bonds. The van der Waals surface area contributed by atoms with Crippen LogP contribution in [0.2, 0.25) is 0 Å². The first kappa shape index (κ1) is 11.5. The maximum atomic E-state index is 12.2. The van der Waals surface area contributed by atoms with Crippen LogP contribution in [-0.2, 0) is 5.88 Å². The standard InChI is InChI=1S/C13H13ClN2O2/c14-8-12-15-10-7-9(3-4-11(10)18-12)13(17)16-5-1-2-6-16/h3-4,7H,1-2,5-6,8H2. The quantitative estimate of drug-likeness (QED) is 0.784. The van der Waals surface area contributed by atoms with Crippen molar-refractivity contribution in [1.29, 1.82) is 0 Å². The lowest BCUT2D eigenvalue weighted by Gasteiger charge is -2.14.